The maximum absolute atomic E-state index is 12.5. The molecule has 0 fully saturated rings. The largest absolute Gasteiger partial charge is 0.466 e. The van der Waals surface area contributed by atoms with Gasteiger partial charge in [0, 0.05) is 12.8 Å². The van der Waals surface area contributed by atoms with Gasteiger partial charge < -0.3 is 20.3 Å². The molecule has 3 N–H and O–H groups in total. The van der Waals surface area contributed by atoms with Gasteiger partial charge in [0.15, 0.2) is 0 Å². The van der Waals surface area contributed by atoms with Crippen LogP contribution in [0.5, 0.6) is 0 Å². The molecule has 79 heavy (non-hydrogen) atoms. The van der Waals surface area contributed by atoms with E-state index >= 15 is 0 Å². The number of carbonyl (C=O) groups is 2. The Morgan fingerprint density at radius 3 is 0.899 bits per heavy atom. The van der Waals surface area contributed by atoms with Crippen molar-refractivity contribution in [2.24, 2.45) is 0 Å². The van der Waals surface area contributed by atoms with Gasteiger partial charge in [0.25, 0.3) is 0 Å². The Hall–Kier alpha value is -1.66. The van der Waals surface area contributed by atoms with Gasteiger partial charge >= 0.3 is 5.97 Å². The standard InChI is InChI=1S/C73H141NO5/c1-3-5-7-9-11-13-15-17-19-21-22-23-24-25-28-31-34-37-41-45-49-53-57-61-65-71(76)70(69-75)74-72(77)66-62-58-54-50-46-42-38-35-32-29-26-27-30-33-36-40-44-48-52-56-60-64-68-79-73(78)67-63-59-55-51-47-43-39-20-18-16-14-12-10-8-6-4-2/h29,32,61,65,70-71,75-76H,3-28,30-31,33-60,62-64,66-69H2,1-2H3,(H,74,77)/b32-29-,65-61+. The minimum Gasteiger partial charge on any atom is -0.466 e. The van der Waals surface area contributed by atoms with Crippen molar-refractivity contribution in [1.29, 1.82) is 0 Å². The molecule has 0 bridgehead atoms. The predicted octanol–water partition coefficient (Wildman–Crippen LogP) is 23.3. The van der Waals surface area contributed by atoms with E-state index in [1.54, 1.807) is 6.08 Å². The monoisotopic (exact) mass is 1110 g/mol. The summed E-state index contributed by atoms with van der Waals surface area (Å²) in [5.41, 5.74) is 0. The highest BCUT2D eigenvalue weighted by atomic mass is 16.5. The smallest absolute Gasteiger partial charge is 0.305 e. The molecule has 0 aromatic heterocycles. The number of hydrogen-bond acceptors (Lipinski definition) is 5. The van der Waals surface area contributed by atoms with E-state index in [1.807, 2.05) is 6.08 Å². The highest BCUT2D eigenvalue weighted by Gasteiger charge is 2.18. The van der Waals surface area contributed by atoms with E-state index in [0.717, 1.165) is 44.9 Å². The first-order chi connectivity index (χ1) is 39.0. The van der Waals surface area contributed by atoms with Crippen molar-refractivity contribution in [2.45, 2.75) is 418 Å². The summed E-state index contributed by atoms with van der Waals surface area (Å²) in [6.45, 7) is 4.94. The van der Waals surface area contributed by atoms with Crippen LogP contribution in [0.3, 0.4) is 0 Å². The molecule has 2 unspecified atom stereocenters. The number of allylic oxidation sites excluding steroid dienone is 3. The van der Waals surface area contributed by atoms with Crippen LogP contribution < -0.4 is 5.32 Å². The van der Waals surface area contributed by atoms with E-state index in [-0.39, 0.29) is 18.5 Å². The molecular weight excluding hydrogens is 971 g/mol. The fraction of sp³-hybridized carbons (Fsp3) is 0.918. The number of esters is 1. The average Bonchev–Trinajstić information content (AvgIpc) is 3.45. The number of nitrogens with one attached hydrogen (secondary N) is 1. The zero-order chi connectivity index (χ0) is 57.1. The molecule has 6 heteroatoms. The number of amides is 1. The first-order valence-electron chi connectivity index (χ1n) is 36.1. The van der Waals surface area contributed by atoms with Crippen LogP contribution >= 0.6 is 0 Å². The number of ether oxygens (including phenoxy) is 1. The lowest BCUT2D eigenvalue weighted by molar-refractivity contribution is -0.143. The summed E-state index contributed by atoms with van der Waals surface area (Å²) in [6.07, 6.45) is 86.9. The van der Waals surface area contributed by atoms with Gasteiger partial charge in [0.2, 0.25) is 5.91 Å². The van der Waals surface area contributed by atoms with Gasteiger partial charge in [-0.3, -0.25) is 9.59 Å². The lowest BCUT2D eigenvalue weighted by atomic mass is 10.0. The summed E-state index contributed by atoms with van der Waals surface area (Å²) in [5, 5.41) is 23.3. The Bertz CT molecular complexity index is 1230. The van der Waals surface area contributed by atoms with Crippen molar-refractivity contribution >= 4 is 11.9 Å². The highest BCUT2D eigenvalue weighted by Crippen LogP contribution is 2.19. The Morgan fingerprint density at radius 2 is 0.595 bits per heavy atom. The second-order valence-electron chi connectivity index (χ2n) is 24.9. The molecule has 2 atom stereocenters. The number of unbranched alkanes of at least 4 members (excludes halogenated alkanes) is 55. The number of carbonyl (C=O) groups excluding carboxylic acids is 2. The minimum absolute atomic E-state index is 0.0138. The summed E-state index contributed by atoms with van der Waals surface area (Å²) in [7, 11) is 0. The van der Waals surface area contributed by atoms with E-state index in [1.165, 1.54) is 334 Å². The molecule has 0 aromatic rings. The molecule has 0 aliphatic heterocycles. The highest BCUT2D eigenvalue weighted by molar-refractivity contribution is 5.76. The first-order valence-corrected chi connectivity index (χ1v) is 36.1. The summed E-state index contributed by atoms with van der Waals surface area (Å²) in [5.74, 6) is -0.0566. The maximum atomic E-state index is 12.5. The van der Waals surface area contributed by atoms with Gasteiger partial charge in [-0.1, -0.05) is 359 Å². The van der Waals surface area contributed by atoms with Gasteiger partial charge in [-0.25, -0.2) is 0 Å². The van der Waals surface area contributed by atoms with Crippen molar-refractivity contribution in [3.05, 3.63) is 24.3 Å². The third-order valence-corrected chi connectivity index (χ3v) is 17.0. The third kappa shape index (κ3) is 65.4. The van der Waals surface area contributed by atoms with Gasteiger partial charge in [0.05, 0.1) is 25.4 Å². The summed E-state index contributed by atoms with van der Waals surface area (Å²) >= 11 is 0. The van der Waals surface area contributed by atoms with Crippen LogP contribution in [0.1, 0.15) is 406 Å². The Labute approximate surface area is 494 Å². The topological polar surface area (TPSA) is 95.9 Å². The van der Waals surface area contributed by atoms with Crippen LogP contribution in [-0.2, 0) is 14.3 Å². The van der Waals surface area contributed by atoms with E-state index in [2.05, 4.69) is 31.3 Å². The van der Waals surface area contributed by atoms with Crippen LogP contribution in [-0.4, -0.2) is 47.4 Å². The third-order valence-electron chi connectivity index (χ3n) is 17.0. The van der Waals surface area contributed by atoms with Gasteiger partial charge in [-0.15, -0.1) is 0 Å². The molecule has 0 radical (unpaired) electrons. The molecule has 0 aliphatic carbocycles. The van der Waals surface area contributed by atoms with E-state index < -0.39 is 12.1 Å². The molecule has 0 saturated heterocycles. The van der Waals surface area contributed by atoms with E-state index in [4.69, 9.17) is 4.74 Å². The summed E-state index contributed by atoms with van der Waals surface area (Å²) in [4.78, 5) is 24.6. The van der Waals surface area contributed by atoms with Crippen LogP contribution in [0.4, 0.5) is 0 Å². The van der Waals surface area contributed by atoms with Crippen molar-refractivity contribution in [2.75, 3.05) is 13.2 Å². The molecule has 0 rings (SSSR count). The number of aliphatic hydroxyl groups excluding tert-OH is 2. The van der Waals surface area contributed by atoms with Gasteiger partial charge in [0.1, 0.15) is 0 Å². The fourth-order valence-corrected chi connectivity index (χ4v) is 11.5. The van der Waals surface area contributed by atoms with Crippen molar-refractivity contribution in [3.63, 3.8) is 0 Å². The molecule has 0 aliphatic rings. The van der Waals surface area contributed by atoms with Crippen LogP contribution in [0.15, 0.2) is 24.3 Å². The van der Waals surface area contributed by atoms with Crippen molar-refractivity contribution in [3.8, 4) is 0 Å². The molecule has 0 saturated carbocycles. The van der Waals surface area contributed by atoms with E-state index in [0.29, 0.717) is 19.4 Å². The zero-order valence-electron chi connectivity index (χ0n) is 53.6. The van der Waals surface area contributed by atoms with Gasteiger partial charge in [-0.2, -0.15) is 0 Å². The number of hydrogen-bond donors (Lipinski definition) is 3. The quantitative estimate of drug-likeness (QED) is 0.0320. The molecule has 0 aromatic carbocycles. The lowest BCUT2D eigenvalue weighted by Gasteiger charge is -2.20. The van der Waals surface area contributed by atoms with Crippen LogP contribution in [0.25, 0.3) is 0 Å². The van der Waals surface area contributed by atoms with Gasteiger partial charge in [-0.05, 0) is 57.8 Å². The molecule has 6 nitrogen and oxygen atoms in total. The van der Waals surface area contributed by atoms with Crippen molar-refractivity contribution in [1.82, 2.24) is 5.32 Å². The van der Waals surface area contributed by atoms with Crippen LogP contribution in [0, 0.1) is 0 Å². The van der Waals surface area contributed by atoms with Crippen molar-refractivity contribution < 1.29 is 24.5 Å². The second-order valence-corrected chi connectivity index (χ2v) is 24.9. The maximum Gasteiger partial charge on any atom is 0.305 e. The number of rotatable bonds is 68. The molecule has 1 amide bonds. The molecule has 0 spiro atoms. The Balaban J connectivity index is 3.43. The fourth-order valence-electron chi connectivity index (χ4n) is 11.5. The first kappa shape index (κ1) is 77.3. The normalized spacial score (nSPS) is 12.6. The zero-order valence-corrected chi connectivity index (χ0v) is 53.6. The molecule has 0 heterocycles. The predicted molar refractivity (Wildman–Crippen MR) is 347 cm³/mol. The second kappa shape index (κ2) is 68.8. The average molecular weight is 1110 g/mol. The Morgan fingerprint density at radius 1 is 0.342 bits per heavy atom. The minimum atomic E-state index is -0.850. The number of aliphatic hydroxyl groups is 2. The lowest BCUT2D eigenvalue weighted by Crippen LogP contribution is -2.45. The Kier molecular flexibility index (Phi) is 67.4. The summed E-state index contributed by atoms with van der Waals surface area (Å²) in [6, 6.07) is -0.634. The molecule has 468 valence electrons. The van der Waals surface area contributed by atoms with E-state index in [9.17, 15) is 19.8 Å². The SMILES string of the molecule is CCCCCCCCCCCCCCCCCCCCCCCC/C=C/C(O)C(CO)NC(=O)CCCCCCCCC/C=C\CCCCCCCCCCCCCOC(=O)CCCCCCCCCCCCCCCCCC. The van der Waals surface area contributed by atoms with Crippen LogP contribution in [0.2, 0.25) is 0 Å². The summed E-state index contributed by atoms with van der Waals surface area (Å²) < 4.78 is 5.50. The molecular formula is C73H141NO5.